The Bertz CT molecular complexity index is 292. The third-order valence-corrected chi connectivity index (χ3v) is 1.35. The van der Waals surface area contributed by atoms with Crippen LogP contribution >= 0.6 is 11.6 Å². The van der Waals surface area contributed by atoms with Crippen LogP contribution in [0.15, 0.2) is 18.2 Å². The standard InChI is InChI=1S/C6H3ClN2O/c7-5-3-4(9-8)1-2-6(5)10/h1-3H/p+1. The van der Waals surface area contributed by atoms with Crippen LogP contribution in [0.2, 0.25) is 5.02 Å². The van der Waals surface area contributed by atoms with Crippen molar-refractivity contribution in [1.29, 1.82) is 5.39 Å². The van der Waals surface area contributed by atoms with E-state index in [0.717, 1.165) is 0 Å². The Hall–Kier alpha value is -1.27. The third kappa shape index (κ3) is 1.17. The third-order valence-electron chi connectivity index (χ3n) is 1.05. The van der Waals surface area contributed by atoms with E-state index >= 15 is 0 Å². The van der Waals surface area contributed by atoms with E-state index < -0.39 is 0 Å². The molecule has 0 radical (unpaired) electrons. The molecular formula is C6H4ClN2O+. The molecule has 0 spiro atoms. The fourth-order valence-electron chi connectivity index (χ4n) is 0.558. The number of hydrogen-bond donors (Lipinski definition) is 1. The van der Waals surface area contributed by atoms with Crippen molar-refractivity contribution in [3.8, 4) is 5.75 Å². The van der Waals surface area contributed by atoms with Gasteiger partial charge in [0, 0.05) is 6.07 Å². The fraction of sp³-hybridized carbons (Fsp3) is 0. The SMILES string of the molecule is N#[N+]c1ccc(O)c(Cl)c1. The van der Waals surface area contributed by atoms with Crippen LogP contribution in [-0.4, -0.2) is 5.11 Å². The van der Waals surface area contributed by atoms with Gasteiger partial charge in [0.05, 0.1) is 11.1 Å². The monoisotopic (exact) mass is 155 g/mol. The normalized spacial score (nSPS) is 8.80. The Balaban J connectivity index is 3.20. The van der Waals surface area contributed by atoms with Gasteiger partial charge in [-0.3, -0.25) is 0 Å². The molecule has 0 bridgehead atoms. The molecule has 0 amide bonds. The Labute approximate surface area is 62.5 Å². The number of phenols is 1. The summed E-state index contributed by atoms with van der Waals surface area (Å²) in [7, 11) is 0. The topological polar surface area (TPSA) is 48.4 Å². The Kier molecular flexibility index (Phi) is 1.74. The molecule has 1 rings (SSSR count). The molecule has 50 valence electrons. The van der Waals surface area contributed by atoms with E-state index in [-0.39, 0.29) is 10.8 Å². The first-order valence-corrected chi connectivity index (χ1v) is 2.95. The number of phenolic OH excluding ortho intramolecular Hbond substituents is 1. The minimum Gasteiger partial charge on any atom is -0.506 e. The lowest BCUT2D eigenvalue weighted by molar-refractivity contribution is 0.475. The van der Waals surface area contributed by atoms with Crippen LogP contribution in [0, 0.1) is 5.39 Å². The van der Waals surface area contributed by atoms with E-state index in [9.17, 15) is 0 Å². The van der Waals surface area contributed by atoms with Crippen molar-refractivity contribution in [2.75, 3.05) is 0 Å². The minimum atomic E-state index is -0.0194. The first-order valence-electron chi connectivity index (χ1n) is 2.57. The molecule has 1 N–H and O–H groups in total. The second kappa shape index (κ2) is 2.54. The number of diazo groups is 1. The quantitative estimate of drug-likeness (QED) is 0.586. The second-order valence-electron chi connectivity index (χ2n) is 1.74. The van der Waals surface area contributed by atoms with E-state index in [4.69, 9.17) is 22.1 Å². The maximum Gasteiger partial charge on any atom is 0.386 e. The number of benzene rings is 1. The van der Waals surface area contributed by atoms with Crippen LogP contribution in [0.25, 0.3) is 4.98 Å². The highest BCUT2D eigenvalue weighted by molar-refractivity contribution is 6.32. The predicted molar refractivity (Wildman–Crippen MR) is 37.9 cm³/mol. The molecular weight excluding hydrogens is 152 g/mol. The molecule has 0 aliphatic carbocycles. The highest BCUT2D eigenvalue weighted by Gasteiger charge is 2.06. The molecule has 1 aromatic carbocycles. The molecule has 3 nitrogen and oxygen atoms in total. The molecule has 10 heavy (non-hydrogen) atoms. The van der Waals surface area contributed by atoms with Crippen molar-refractivity contribution < 1.29 is 5.11 Å². The lowest BCUT2D eigenvalue weighted by Gasteiger charge is -1.88. The fourth-order valence-corrected chi connectivity index (χ4v) is 0.733. The smallest absolute Gasteiger partial charge is 0.386 e. The molecule has 0 aliphatic rings. The van der Waals surface area contributed by atoms with Gasteiger partial charge in [-0.15, -0.1) is 0 Å². The van der Waals surface area contributed by atoms with Crippen LogP contribution in [0.4, 0.5) is 5.69 Å². The average molecular weight is 156 g/mol. The maximum atomic E-state index is 8.88. The van der Waals surface area contributed by atoms with Crippen LogP contribution in [0.5, 0.6) is 5.75 Å². The summed E-state index contributed by atoms with van der Waals surface area (Å²) in [6, 6.07) is 4.16. The van der Waals surface area contributed by atoms with Crippen molar-refractivity contribution in [2.24, 2.45) is 0 Å². The summed E-state index contributed by atoms with van der Waals surface area (Å²) in [5.41, 5.74) is 0.322. The van der Waals surface area contributed by atoms with Gasteiger partial charge in [0.1, 0.15) is 5.75 Å². The van der Waals surface area contributed by atoms with E-state index in [1.807, 2.05) is 0 Å². The molecule has 0 aliphatic heterocycles. The van der Waals surface area contributed by atoms with E-state index in [0.29, 0.717) is 5.69 Å². The zero-order valence-corrected chi connectivity index (χ0v) is 5.71. The molecule has 0 heterocycles. The van der Waals surface area contributed by atoms with Crippen LogP contribution in [-0.2, 0) is 0 Å². The molecule has 0 saturated carbocycles. The van der Waals surface area contributed by atoms with Gasteiger partial charge in [-0.2, -0.15) is 0 Å². The van der Waals surface area contributed by atoms with E-state index in [1.165, 1.54) is 18.2 Å². The lowest BCUT2D eigenvalue weighted by Crippen LogP contribution is -1.65. The van der Waals surface area contributed by atoms with Gasteiger partial charge in [0.2, 0.25) is 5.39 Å². The van der Waals surface area contributed by atoms with E-state index in [2.05, 4.69) is 4.98 Å². The summed E-state index contributed by atoms with van der Waals surface area (Å²) >= 11 is 5.47. The van der Waals surface area contributed by atoms with Crippen LogP contribution in [0.1, 0.15) is 0 Å². The predicted octanol–water partition coefficient (Wildman–Crippen LogP) is 2.53. The Morgan fingerprint density at radius 3 is 2.70 bits per heavy atom. The number of aromatic hydroxyl groups is 1. The average Bonchev–Trinajstić information content (AvgIpc) is 1.95. The Morgan fingerprint density at radius 2 is 2.20 bits per heavy atom. The largest absolute Gasteiger partial charge is 0.506 e. The molecule has 0 saturated heterocycles. The summed E-state index contributed by atoms with van der Waals surface area (Å²) in [5, 5.41) is 17.3. The van der Waals surface area contributed by atoms with Gasteiger partial charge in [0.15, 0.2) is 4.98 Å². The van der Waals surface area contributed by atoms with Crippen LogP contribution in [0.3, 0.4) is 0 Å². The summed E-state index contributed by atoms with van der Waals surface area (Å²) in [6.07, 6.45) is 0. The molecule has 0 fully saturated rings. The molecule has 0 unspecified atom stereocenters. The van der Waals surface area contributed by atoms with Crippen molar-refractivity contribution in [2.45, 2.75) is 0 Å². The van der Waals surface area contributed by atoms with Crippen LogP contribution < -0.4 is 0 Å². The maximum absolute atomic E-state index is 8.88. The minimum absolute atomic E-state index is 0.0194. The Morgan fingerprint density at radius 1 is 1.50 bits per heavy atom. The van der Waals surface area contributed by atoms with Gasteiger partial charge < -0.3 is 5.11 Å². The molecule has 0 aromatic heterocycles. The van der Waals surface area contributed by atoms with Crippen molar-refractivity contribution in [3.05, 3.63) is 28.2 Å². The van der Waals surface area contributed by atoms with Gasteiger partial charge >= 0.3 is 5.69 Å². The molecule has 0 atom stereocenters. The highest BCUT2D eigenvalue weighted by Crippen LogP contribution is 2.27. The first kappa shape index (κ1) is 6.84. The zero-order valence-electron chi connectivity index (χ0n) is 4.95. The zero-order chi connectivity index (χ0) is 7.56. The number of halogens is 1. The van der Waals surface area contributed by atoms with Gasteiger partial charge in [-0.25, -0.2) is 0 Å². The van der Waals surface area contributed by atoms with Gasteiger partial charge in [0.25, 0.3) is 0 Å². The second-order valence-corrected chi connectivity index (χ2v) is 2.14. The highest BCUT2D eigenvalue weighted by atomic mass is 35.5. The lowest BCUT2D eigenvalue weighted by atomic mass is 10.3. The summed E-state index contributed by atoms with van der Waals surface area (Å²) < 4.78 is 0. The number of rotatable bonds is 0. The number of hydrogen-bond acceptors (Lipinski definition) is 2. The molecule has 4 heteroatoms. The van der Waals surface area contributed by atoms with Gasteiger partial charge in [-0.05, 0) is 6.07 Å². The number of nitrogens with zero attached hydrogens (tertiary/aromatic N) is 2. The first-order chi connectivity index (χ1) is 4.74. The summed E-state index contributed by atoms with van der Waals surface area (Å²) in [6.45, 7) is 0. The van der Waals surface area contributed by atoms with Gasteiger partial charge in [-0.1, -0.05) is 11.6 Å². The van der Waals surface area contributed by atoms with Crippen molar-refractivity contribution >= 4 is 17.3 Å². The van der Waals surface area contributed by atoms with Crippen molar-refractivity contribution in [3.63, 3.8) is 0 Å². The summed E-state index contributed by atoms with van der Waals surface area (Å²) in [5.74, 6) is -0.0194. The molecule has 1 aromatic rings. The van der Waals surface area contributed by atoms with E-state index in [1.54, 1.807) is 0 Å². The summed E-state index contributed by atoms with van der Waals surface area (Å²) in [4.78, 5) is 2.88. The van der Waals surface area contributed by atoms with Crippen molar-refractivity contribution in [1.82, 2.24) is 0 Å².